The van der Waals surface area contributed by atoms with Crippen molar-refractivity contribution in [2.75, 3.05) is 7.11 Å². The van der Waals surface area contributed by atoms with Crippen LogP contribution in [0.25, 0.3) is 0 Å². The molecule has 6 heteroatoms. The zero-order chi connectivity index (χ0) is 10.8. The van der Waals surface area contributed by atoms with Crippen molar-refractivity contribution in [3.8, 4) is 5.75 Å². The predicted molar refractivity (Wildman–Crippen MR) is 49.4 cm³/mol. The first-order chi connectivity index (χ1) is 6.46. The average molecular weight is 216 g/mol. The molecule has 0 aromatic heterocycles. The smallest absolute Gasteiger partial charge is 0.396 e. The molecule has 0 atom stereocenters. The SMILES string of the molecule is COc1ccccc1C(=O)P(=O)(O)O. The van der Waals surface area contributed by atoms with Crippen molar-refractivity contribution < 1.29 is 23.9 Å². The van der Waals surface area contributed by atoms with Crippen LogP contribution in [0.2, 0.25) is 0 Å². The van der Waals surface area contributed by atoms with Crippen molar-refractivity contribution >= 4 is 13.1 Å². The molecule has 1 aromatic rings. The molecule has 0 aliphatic carbocycles. The Labute approximate surface area is 80.5 Å². The minimum atomic E-state index is -4.74. The number of hydrogen-bond donors (Lipinski definition) is 2. The molecule has 1 rings (SSSR count). The summed E-state index contributed by atoms with van der Waals surface area (Å²) < 4.78 is 15.5. The van der Waals surface area contributed by atoms with E-state index in [-0.39, 0.29) is 11.3 Å². The summed E-state index contributed by atoms with van der Waals surface area (Å²) in [6.07, 6.45) is 0. The second kappa shape index (κ2) is 3.92. The standard InChI is InChI=1S/C8H9O5P/c1-13-7-5-3-2-4-6(7)8(9)14(10,11)12/h2-5H,1H3,(H2,10,11,12). The molecule has 1 aromatic carbocycles. The van der Waals surface area contributed by atoms with Crippen molar-refractivity contribution in [1.82, 2.24) is 0 Å². The maximum atomic E-state index is 11.2. The molecule has 14 heavy (non-hydrogen) atoms. The van der Waals surface area contributed by atoms with Crippen LogP contribution in [0.15, 0.2) is 24.3 Å². The molecule has 0 fully saturated rings. The summed E-state index contributed by atoms with van der Waals surface area (Å²) in [4.78, 5) is 28.5. The molecule has 0 saturated heterocycles. The van der Waals surface area contributed by atoms with Crippen LogP contribution in [0.1, 0.15) is 10.4 Å². The van der Waals surface area contributed by atoms with Crippen molar-refractivity contribution in [1.29, 1.82) is 0 Å². The highest BCUT2D eigenvalue weighted by molar-refractivity contribution is 7.70. The molecule has 0 radical (unpaired) electrons. The highest BCUT2D eigenvalue weighted by Crippen LogP contribution is 2.41. The van der Waals surface area contributed by atoms with Gasteiger partial charge in [0.1, 0.15) is 5.75 Å². The maximum absolute atomic E-state index is 11.2. The van der Waals surface area contributed by atoms with Crippen LogP contribution in [0, 0.1) is 0 Å². The third kappa shape index (κ3) is 2.20. The molecule has 0 saturated carbocycles. The van der Waals surface area contributed by atoms with Crippen molar-refractivity contribution in [3.05, 3.63) is 29.8 Å². The van der Waals surface area contributed by atoms with E-state index in [0.717, 1.165) is 0 Å². The molecule has 0 aliphatic rings. The first kappa shape index (κ1) is 10.9. The normalized spacial score (nSPS) is 11.1. The van der Waals surface area contributed by atoms with Crippen LogP contribution >= 0.6 is 7.60 Å². The molecule has 0 amide bonds. The third-order valence-corrected chi connectivity index (χ3v) is 2.37. The Balaban J connectivity index is 3.20. The van der Waals surface area contributed by atoms with Gasteiger partial charge in [0.2, 0.25) is 0 Å². The number of para-hydroxylation sites is 1. The summed E-state index contributed by atoms with van der Waals surface area (Å²) in [5, 5.41) is 0. The van der Waals surface area contributed by atoms with Gasteiger partial charge in [0.05, 0.1) is 12.7 Å². The summed E-state index contributed by atoms with van der Waals surface area (Å²) in [5.74, 6) is 0.154. The number of rotatable bonds is 3. The molecule has 0 spiro atoms. The van der Waals surface area contributed by atoms with Gasteiger partial charge in [-0.1, -0.05) is 12.1 Å². The van der Waals surface area contributed by atoms with Crippen molar-refractivity contribution in [2.24, 2.45) is 0 Å². The van der Waals surface area contributed by atoms with Crippen LogP contribution in [-0.4, -0.2) is 22.4 Å². The number of ether oxygens (including phenoxy) is 1. The van der Waals surface area contributed by atoms with Gasteiger partial charge < -0.3 is 14.5 Å². The second-order valence-corrected chi connectivity index (χ2v) is 4.04. The highest BCUT2D eigenvalue weighted by atomic mass is 31.2. The molecule has 0 unspecified atom stereocenters. The average Bonchev–Trinajstić information content (AvgIpc) is 2.15. The van der Waals surface area contributed by atoms with E-state index >= 15 is 0 Å². The fraction of sp³-hybridized carbons (Fsp3) is 0.125. The van der Waals surface area contributed by atoms with Gasteiger partial charge in [0.15, 0.2) is 0 Å². The summed E-state index contributed by atoms with van der Waals surface area (Å²) in [6.45, 7) is 0. The molecule has 0 heterocycles. The lowest BCUT2D eigenvalue weighted by atomic mass is 10.2. The van der Waals surface area contributed by atoms with Crippen LogP contribution < -0.4 is 4.74 Å². The van der Waals surface area contributed by atoms with E-state index in [2.05, 4.69) is 0 Å². The number of methoxy groups -OCH3 is 1. The van der Waals surface area contributed by atoms with Gasteiger partial charge in [-0.15, -0.1) is 0 Å². The Kier molecular flexibility index (Phi) is 3.06. The van der Waals surface area contributed by atoms with Crippen LogP contribution in [-0.2, 0) is 4.57 Å². The van der Waals surface area contributed by atoms with Gasteiger partial charge in [-0.2, -0.15) is 0 Å². The van der Waals surface area contributed by atoms with Crippen LogP contribution in [0.3, 0.4) is 0 Å². The molecule has 5 nitrogen and oxygen atoms in total. The van der Waals surface area contributed by atoms with Gasteiger partial charge in [0, 0.05) is 0 Å². The highest BCUT2D eigenvalue weighted by Gasteiger charge is 2.29. The van der Waals surface area contributed by atoms with Gasteiger partial charge in [-0.3, -0.25) is 9.36 Å². The van der Waals surface area contributed by atoms with Crippen LogP contribution in [0.4, 0.5) is 0 Å². The summed E-state index contributed by atoms with van der Waals surface area (Å²) in [5.41, 5.74) is -1.33. The number of hydrogen-bond acceptors (Lipinski definition) is 3. The Bertz CT molecular complexity index is 394. The Hall–Kier alpha value is -1.16. The number of benzene rings is 1. The second-order valence-electron chi connectivity index (χ2n) is 2.55. The minimum absolute atomic E-state index is 0.108. The fourth-order valence-corrected chi connectivity index (χ4v) is 1.48. The monoisotopic (exact) mass is 216 g/mol. The first-order valence-corrected chi connectivity index (χ1v) is 5.31. The van der Waals surface area contributed by atoms with Crippen LogP contribution in [0.5, 0.6) is 5.75 Å². The van der Waals surface area contributed by atoms with Gasteiger partial charge in [-0.25, -0.2) is 0 Å². The molecular weight excluding hydrogens is 207 g/mol. The van der Waals surface area contributed by atoms with Crippen molar-refractivity contribution in [2.45, 2.75) is 0 Å². The number of carbonyl (C=O) groups excluding carboxylic acids is 1. The van der Waals surface area contributed by atoms with E-state index in [0.29, 0.717) is 0 Å². The van der Waals surface area contributed by atoms with E-state index < -0.39 is 13.1 Å². The number of carbonyl (C=O) groups is 1. The third-order valence-electron chi connectivity index (χ3n) is 1.60. The molecular formula is C8H9O5P. The molecule has 0 bridgehead atoms. The zero-order valence-electron chi connectivity index (χ0n) is 7.38. The summed E-state index contributed by atoms with van der Waals surface area (Å²) in [6, 6.07) is 5.88. The zero-order valence-corrected chi connectivity index (χ0v) is 8.27. The minimum Gasteiger partial charge on any atom is -0.496 e. The lowest BCUT2D eigenvalue weighted by Gasteiger charge is -2.07. The largest absolute Gasteiger partial charge is 0.496 e. The lowest BCUT2D eigenvalue weighted by Crippen LogP contribution is -2.02. The quantitative estimate of drug-likeness (QED) is 0.736. The van der Waals surface area contributed by atoms with E-state index in [9.17, 15) is 9.36 Å². The fourth-order valence-electron chi connectivity index (χ4n) is 0.978. The first-order valence-electron chi connectivity index (χ1n) is 3.70. The van der Waals surface area contributed by atoms with E-state index in [4.69, 9.17) is 14.5 Å². The Morgan fingerprint density at radius 3 is 2.43 bits per heavy atom. The van der Waals surface area contributed by atoms with E-state index in [1.165, 1.54) is 25.3 Å². The Morgan fingerprint density at radius 2 is 1.93 bits per heavy atom. The summed E-state index contributed by atoms with van der Waals surface area (Å²) >= 11 is 0. The van der Waals surface area contributed by atoms with Crippen molar-refractivity contribution in [3.63, 3.8) is 0 Å². The Morgan fingerprint density at radius 1 is 1.36 bits per heavy atom. The predicted octanol–water partition coefficient (Wildman–Crippen LogP) is 1.01. The van der Waals surface area contributed by atoms with Gasteiger partial charge in [0.25, 0.3) is 5.52 Å². The summed E-state index contributed by atoms with van der Waals surface area (Å²) in [7, 11) is -3.41. The molecule has 0 aliphatic heterocycles. The topological polar surface area (TPSA) is 83.8 Å². The lowest BCUT2D eigenvalue weighted by molar-refractivity contribution is 0.103. The van der Waals surface area contributed by atoms with Gasteiger partial charge in [-0.05, 0) is 12.1 Å². The molecule has 76 valence electrons. The van der Waals surface area contributed by atoms with Gasteiger partial charge >= 0.3 is 7.60 Å². The van der Waals surface area contributed by atoms with E-state index in [1.54, 1.807) is 6.07 Å². The molecule has 2 N–H and O–H groups in total. The maximum Gasteiger partial charge on any atom is 0.396 e. The van der Waals surface area contributed by atoms with E-state index in [1.807, 2.05) is 0 Å².